The SMILES string of the molecule is COCCn1c(C(C)C)nc2c1C1(CCN(CC3CC3)CC1)Oc1ccccc1-2.O=C(O)C(F)(F)F. The molecule has 1 aromatic heterocycles. The third-order valence-electron chi connectivity index (χ3n) is 7.03. The van der Waals surface area contributed by atoms with Gasteiger partial charge < -0.3 is 24.0 Å². The number of fused-ring (bicyclic) bond motifs is 4. The fourth-order valence-electron chi connectivity index (χ4n) is 5.08. The normalized spacial score (nSPS) is 18.8. The Balaban J connectivity index is 0.000000384. The molecule has 2 fully saturated rings. The van der Waals surface area contributed by atoms with Gasteiger partial charge in [0, 0.05) is 57.6 Å². The average Bonchev–Trinajstić information content (AvgIpc) is 3.55. The summed E-state index contributed by atoms with van der Waals surface area (Å²) in [6.45, 7) is 9.44. The highest BCUT2D eigenvalue weighted by atomic mass is 19.4. The van der Waals surface area contributed by atoms with Crippen molar-refractivity contribution in [1.82, 2.24) is 14.5 Å². The molecule has 3 aliphatic rings. The van der Waals surface area contributed by atoms with E-state index in [1.807, 2.05) is 0 Å². The molecule has 198 valence electrons. The van der Waals surface area contributed by atoms with Crippen molar-refractivity contribution >= 4 is 5.97 Å². The molecule has 1 saturated carbocycles. The van der Waals surface area contributed by atoms with Crippen molar-refractivity contribution in [2.24, 2.45) is 5.92 Å². The number of benzene rings is 1. The molecule has 5 rings (SSSR count). The number of rotatable bonds is 6. The number of aromatic nitrogens is 2. The molecule has 0 unspecified atom stereocenters. The highest BCUT2D eigenvalue weighted by Crippen LogP contribution is 2.50. The first-order chi connectivity index (χ1) is 17.1. The minimum absolute atomic E-state index is 0.280. The molecule has 0 radical (unpaired) electrons. The Morgan fingerprint density at radius 2 is 1.89 bits per heavy atom. The van der Waals surface area contributed by atoms with Crippen LogP contribution < -0.4 is 4.74 Å². The van der Waals surface area contributed by atoms with Crippen molar-refractivity contribution in [3.05, 3.63) is 35.8 Å². The third kappa shape index (κ3) is 5.54. The Morgan fingerprint density at radius 3 is 2.44 bits per heavy atom. The number of carboxylic acid groups (broad SMARTS) is 1. The molecule has 1 aliphatic carbocycles. The summed E-state index contributed by atoms with van der Waals surface area (Å²) in [7, 11) is 1.77. The quantitative estimate of drug-likeness (QED) is 0.588. The largest absolute Gasteiger partial charge is 0.490 e. The molecule has 3 heterocycles. The number of hydrogen-bond acceptors (Lipinski definition) is 5. The number of alkyl halides is 3. The van der Waals surface area contributed by atoms with E-state index < -0.39 is 12.1 Å². The van der Waals surface area contributed by atoms with Crippen LogP contribution in [-0.4, -0.2) is 65.1 Å². The fourth-order valence-corrected chi connectivity index (χ4v) is 5.08. The second kappa shape index (κ2) is 10.4. The lowest BCUT2D eigenvalue weighted by molar-refractivity contribution is -0.192. The summed E-state index contributed by atoms with van der Waals surface area (Å²) in [4.78, 5) is 16.7. The van der Waals surface area contributed by atoms with Gasteiger partial charge in [0.05, 0.1) is 18.0 Å². The van der Waals surface area contributed by atoms with Gasteiger partial charge in [-0.25, -0.2) is 9.78 Å². The minimum Gasteiger partial charge on any atom is -0.480 e. The molecule has 0 atom stereocenters. The first-order valence-corrected chi connectivity index (χ1v) is 12.5. The Labute approximate surface area is 209 Å². The van der Waals surface area contributed by atoms with Crippen molar-refractivity contribution in [1.29, 1.82) is 0 Å². The zero-order chi connectivity index (χ0) is 26.1. The summed E-state index contributed by atoms with van der Waals surface area (Å²) in [6, 6.07) is 8.43. The number of likely N-dealkylation sites (tertiary alicyclic amines) is 1. The van der Waals surface area contributed by atoms with E-state index in [9.17, 15) is 13.2 Å². The number of halogens is 3. The molecule has 1 N–H and O–H groups in total. The molecule has 10 heteroatoms. The molecule has 2 aliphatic heterocycles. The van der Waals surface area contributed by atoms with E-state index in [-0.39, 0.29) is 5.60 Å². The van der Waals surface area contributed by atoms with Crippen LogP contribution in [0.1, 0.15) is 57.0 Å². The van der Waals surface area contributed by atoms with Gasteiger partial charge in [-0.15, -0.1) is 0 Å². The molecular formula is C26H34F3N3O4. The zero-order valence-electron chi connectivity index (χ0n) is 21.0. The van der Waals surface area contributed by atoms with Crippen LogP contribution in [0.25, 0.3) is 11.3 Å². The minimum atomic E-state index is -5.08. The number of piperidine rings is 1. The number of hydrogen-bond donors (Lipinski definition) is 1. The second-order valence-corrected chi connectivity index (χ2v) is 10.1. The number of para-hydroxylation sites is 1. The average molecular weight is 510 g/mol. The summed E-state index contributed by atoms with van der Waals surface area (Å²) in [6.07, 6.45) is -0.205. The number of nitrogens with zero attached hydrogens (tertiary/aromatic N) is 3. The van der Waals surface area contributed by atoms with Gasteiger partial charge in [-0.1, -0.05) is 26.0 Å². The maximum absolute atomic E-state index is 10.6. The van der Waals surface area contributed by atoms with E-state index in [1.165, 1.54) is 25.1 Å². The van der Waals surface area contributed by atoms with Crippen LogP contribution in [0.3, 0.4) is 0 Å². The van der Waals surface area contributed by atoms with Crippen molar-refractivity contribution in [2.75, 3.05) is 33.4 Å². The highest BCUT2D eigenvalue weighted by Gasteiger charge is 2.47. The van der Waals surface area contributed by atoms with Crippen LogP contribution in [0.15, 0.2) is 24.3 Å². The fraction of sp³-hybridized carbons (Fsp3) is 0.615. The lowest BCUT2D eigenvalue weighted by Crippen LogP contribution is -2.49. The molecule has 36 heavy (non-hydrogen) atoms. The number of carbonyl (C=O) groups is 1. The van der Waals surface area contributed by atoms with E-state index >= 15 is 0 Å². The van der Waals surface area contributed by atoms with E-state index in [0.717, 1.165) is 61.2 Å². The van der Waals surface area contributed by atoms with Crippen LogP contribution in [-0.2, 0) is 21.7 Å². The number of ether oxygens (including phenoxy) is 2. The number of imidazole rings is 1. The molecule has 2 aromatic rings. The van der Waals surface area contributed by atoms with Gasteiger partial charge in [0.2, 0.25) is 0 Å². The second-order valence-electron chi connectivity index (χ2n) is 10.1. The van der Waals surface area contributed by atoms with E-state index in [2.05, 4.69) is 47.6 Å². The third-order valence-corrected chi connectivity index (χ3v) is 7.03. The predicted octanol–water partition coefficient (Wildman–Crippen LogP) is 5.05. The van der Waals surface area contributed by atoms with Crippen LogP contribution >= 0.6 is 0 Å². The molecule has 1 aromatic carbocycles. The monoisotopic (exact) mass is 509 g/mol. The number of methoxy groups -OCH3 is 1. The molecule has 1 spiro atoms. The van der Waals surface area contributed by atoms with Gasteiger partial charge in [-0.3, -0.25) is 0 Å². The smallest absolute Gasteiger partial charge is 0.480 e. The Hall–Kier alpha value is -2.59. The first kappa shape index (κ1) is 26.5. The molecule has 1 saturated heterocycles. The van der Waals surface area contributed by atoms with Crippen molar-refractivity contribution in [3.8, 4) is 17.0 Å². The Bertz CT molecular complexity index is 1070. The van der Waals surface area contributed by atoms with Gasteiger partial charge in [0.25, 0.3) is 0 Å². The molecular weight excluding hydrogens is 475 g/mol. The summed E-state index contributed by atoms with van der Waals surface area (Å²) >= 11 is 0. The topological polar surface area (TPSA) is 76.8 Å². The first-order valence-electron chi connectivity index (χ1n) is 12.5. The highest BCUT2D eigenvalue weighted by molar-refractivity contribution is 5.73. The van der Waals surface area contributed by atoms with E-state index in [0.29, 0.717) is 12.5 Å². The standard InChI is InChI=1S/C24H33N3O2.C2HF3O2/c1-17(2)23-25-21-19-6-4-5-7-20(19)29-24(22(21)27(23)14-15-28-3)10-12-26(13-11-24)16-18-8-9-18;3-2(4,5)1(6)7/h4-7,17-18H,8-16H2,1-3H3;(H,6,7). The number of aliphatic carboxylic acids is 1. The number of carboxylic acids is 1. The van der Waals surface area contributed by atoms with Gasteiger partial charge in [-0.2, -0.15) is 13.2 Å². The lowest BCUT2D eigenvalue weighted by Gasteiger charge is -2.45. The molecule has 7 nitrogen and oxygen atoms in total. The van der Waals surface area contributed by atoms with E-state index in [1.54, 1.807) is 7.11 Å². The van der Waals surface area contributed by atoms with Crippen molar-refractivity contribution < 1.29 is 32.5 Å². The Kier molecular flexibility index (Phi) is 7.66. The van der Waals surface area contributed by atoms with Gasteiger partial charge >= 0.3 is 12.1 Å². The van der Waals surface area contributed by atoms with Crippen molar-refractivity contribution in [3.63, 3.8) is 0 Å². The zero-order valence-corrected chi connectivity index (χ0v) is 21.0. The van der Waals surface area contributed by atoms with Crippen LogP contribution in [0.5, 0.6) is 5.75 Å². The summed E-state index contributed by atoms with van der Waals surface area (Å²) in [5, 5.41) is 7.12. The van der Waals surface area contributed by atoms with Gasteiger partial charge in [-0.05, 0) is 30.9 Å². The summed E-state index contributed by atoms with van der Waals surface area (Å²) in [5.41, 5.74) is 3.26. The van der Waals surface area contributed by atoms with Gasteiger partial charge in [0.15, 0.2) is 5.60 Å². The Morgan fingerprint density at radius 1 is 1.25 bits per heavy atom. The van der Waals surface area contributed by atoms with Crippen LogP contribution in [0, 0.1) is 5.92 Å². The summed E-state index contributed by atoms with van der Waals surface area (Å²) < 4.78 is 46.4. The molecule has 0 bridgehead atoms. The predicted molar refractivity (Wildman–Crippen MR) is 128 cm³/mol. The van der Waals surface area contributed by atoms with Crippen LogP contribution in [0.4, 0.5) is 13.2 Å². The van der Waals surface area contributed by atoms with Crippen LogP contribution in [0.2, 0.25) is 0 Å². The molecule has 0 amide bonds. The van der Waals surface area contributed by atoms with Gasteiger partial charge in [0.1, 0.15) is 11.6 Å². The van der Waals surface area contributed by atoms with Crippen molar-refractivity contribution in [2.45, 2.75) is 63.8 Å². The van der Waals surface area contributed by atoms with E-state index in [4.69, 9.17) is 24.4 Å². The summed E-state index contributed by atoms with van der Waals surface area (Å²) in [5.74, 6) is 0.672. The lowest BCUT2D eigenvalue weighted by atomic mass is 9.83. The maximum Gasteiger partial charge on any atom is 0.490 e. The maximum atomic E-state index is 10.6.